The van der Waals surface area contributed by atoms with Gasteiger partial charge in [0.1, 0.15) is 6.54 Å². The number of guanidine groups is 1. The molecule has 1 heterocycles. The van der Waals surface area contributed by atoms with E-state index in [2.05, 4.69) is 45.5 Å². The van der Waals surface area contributed by atoms with Gasteiger partial charge in [0.15, 0.2) is 5.96 Å². The summed E-state index contributed by atoms with van der Waals surface area (Å²) in [5.74, 6) is 1.72. The van der Waals surface area contributed by atoms with Gasteiger partial charge in [-0.05, 0) is 43.6 Å². The standard InChI is InChI=1S/C20H30N4O.HI/c1-23(2)19(25)15-21-20(22-18-8-9-18)24-12-10-17(11-13-24)14-16-6-4-3-5-7-16;/h3-7,17-18H,8-15H2,1-2H3,(H,21,22);1H. The molecule has 5 nitrogen and oxygen atoms in total. The Morgan fingerprint density at radius 2 is 1.81 bits per heavy atom. The van der Waals surface area contributed by atoms with Crippen molar-refractivity contribution >= 4 is 35.8 Å². The first kappa shape index (κ1) is 21.0. The average molecular weight is 470 g/mol. The second-order valence-corrected chi connectivity index (χ2v) is 7.47. The van der Waals surface area contributed by atoms with Crippen LogP contribution < -0.4 is 5.32 Å². The molecule has 1 saturated heterocycles. The van der Waals surface area contributed by atoms with E-state index >= 15 is 0 Å². The van der Waals surface area contributed by atoms with Gasteiger partial charge in [0, 0.05) is 33.2 Å². The molecule has 0 atom stereocenters. The van der Waals surface area contributed by atoms with Gasteiger partial charge in [-0.2, -0.15) is 0 Å². The first-order chi connectivity index (χ1) is 12.1. The van der Waals surface area contributed by atoms with Crippen LogP contribution in [-0.2, 0) is 11.2 Å². The Hall–Kier alpha value is -1.31. The Morgan fingerprint density at radius 3 is 2.38 bits per heavy atom. The molecule has 1 saturated carbocycles. The number of likely N-dealkylation sites (N-methyl/N-ethyl adjacent to an activating group) is 1. The highest BCUT2D eigenvalue weighted by molar-refractivity contribution is 14.0. The third-order valence-electron chi connectivity index (χ3n) is 5.05. The molecule has 1 N–H and O–H groups in total. The first-order valence-corrected chi connectivity index (χ1v) is 9.42. The van der Waals surface area contributed by atoms with Crippen LogP contribution in [0.3, 0.4) is 0 Å². The van der Waals surface area contributed by atoms with Gasteiger partial charge < -0.3 is 15.1 Å². The maximum atomic E-state index is 11.9. The summed E-state index contributed by atoms with van der Waals surface area (Å²) in [5.41, 5.74) is 1.43. The summed E-state index contributed by atoms with van der Waals surface area (Å²) in [6, 6.07) is 11.3. The number of hydrogen-bond acceptors (Lipinski definition) is 2. The van der Waals surface area contributed by atoms with Crippen molar-refractivity contribution in [2.75, 3.05) is 33.7 Å². The molecule has 0 aromatic heterocycles. The van der Waals surface area contributed by atoms with Crippen molar-refractivity contribution in [1.29, 1.82) is 0 Å². The van der Waals surface area contributed by atoms with Crippen LogP contribution in [0.1, 0.15) is 31.2 Å². The fourth-order valence-electron chi connectivity index (χ4n) is 3.23. The van der Waals surface area contributed by atoms with Gasteiger partial charge in [-0.25, -0.2) is 4.99 Å². The lowest BCUT2D eigenvalue weighted by atomic mass is 9.90. The third kappa shape index (κ3) is 6.45. The summed E-state index contributed by atoms with van der Waals surface area (Å²) in [6.07, 6.45) is 5.95. The van der Waals surface area contributed by atoms with Crippen LogP contribution in [0.5, 0.6) is 0 Å². The third-order valence-corrected chi connectivity index (χ3v) is 5.05. The van der Waals surface area contributed by atoms with Crippen LogP contribution in [0.15, 0.2) is 35.3 Å². The smallest absolute Gasteiger partial charge is 0.243 e. The number of aliphatic imine (C=N–C) groups is 1. The van der Waals surface area contributed by atoms with Gasteiger partial charge in [0.05, 0.1) is 0 Å². The molecule has 1 aromatic rings. The molecule has 0 bridgehead atoms. The maximum Gasteiger partial charge on any atom is 0.243 e. The zero-order chi connectivity index (χ0) is 17.6. The van der Waals surface area contributed by atoms with Crippen molar-refractivity contribution in [3.63, 3.8) is 0 Å². The minimum absolute atomic E-state index is 0. The van der Waals surface area contributed by atoms with E-state index in [4.69, 9.17) is 0 Å². The van der Waals surface area contributed by atoms with Crippen molar-refractivity contribution in [1.82, 2.24) is 15.1 Å². The van der Waals surface area contributed by atoms with Crippen molar-refractivity contribution in [3.8, 4) is 0 Å². The lowest BCUT2D eigenvalue weighted by Gasteiger charge is -2.34. The Kier molecular flexibility index (Phi) is 8.18. The minimum Gasteiger partial charge on any atom is -0.353 e. The maximum absolute atomic E-state index is 11.9. The molecular formula is C20H31IN4O. The van der Waals surface area contributed by atoms with Gasteiger partial charge in [-0.15, -0.1) is 24.0 Å². The lowest BCUT2D eigenvalue weighted by molar-refractivity contribution is -0.127. The van der Waals surface area contributed by atoms with Gasteiger partial charge in [-0.3, -0.25) is 4.79 Å². The molecule has 0 spiro atoms. The number of carbonyl (C=O) groups is 1. The van der Waals surface area contributed by atoms with Crippen LogP contribution in [0, 0.1) is 5.92 Å². The summed E-state index contributed by atoms with van der Waals surface area (Å²) in [7, 11) is 3.56. The van der Waals surface area contributed by atoms with Gasteiger partial charge in [-0.1, -0.05) is 30.3 Å². The number of rotatable bonds is 5. The highest BCUT2D eigenvalue weighted by Gasteiger charge is 2.27. The molecule has 1 aliphatic heterocycles. The van der Waals surface area contributed by atoms with E-state index in [1.54, 1.807) is 19.0 Å². The number of halogens is 1. The van der Waals surface area contributed by atoms with Crippen LogP contribution in [0.2, 0.25) is 0 Å². The number of nitrogens with one attached hydrogen (secondary N) is 1. The number of hydrogen-bond donors (Lipinski definition) is 1. The zero-order valence-electron chi connectivity index (χ0n) is 15.9. The van der Waals surface area contributed by atoms with E-state index in [1.807, 2.05) is 0 Å². The Bertz CT molecular complexity index is 593. The summed E-state index contributed by atoms with van der Waals surface area (Å²) < 4.78 is 0. The molecule has 1 aromatic carbocycles. The van der Waals surface area contributed by atoms with E-state index < -0.39 is 0 Å². The van der Waals surface area contributed by atoms with Gasteiger partial charge in [0.2, 0.25) is 5.91 Å². The topological polar surface area (TPSA) is 47.9 Å². The van der Waals surface area contributed by atoms with Crippen LogP contribution in [0.25, 0.3) is 0 Å². The summed E-state index contributed by atoms with van der Waals surface area (Å²) in [6.45, 7) is 2.27. The number of piperidine rings is 1. The highest BCUT2D eigenvalue weighted by Crippen LogP contribution is 2.23. The number of carbonyl (C=O) groups excluding carboxylic acids is 1. The van der Waals surface area contributed by atoms with E-state index in [0.717, 1.165) is 31.4 Å². The predicted molar refractivity (Wildman–Crippen MR) is 117 cm³/mol. The number of benzene rings is 1. The Morgan fingerprint density at radius 1 is 1.15 bits per heavy atom. The minimum atomic E-state index is 0. The molecule has 3 rings (SSSR count). The molecule has 1 amide bonds. The fraction of sp³-hybridized carbons (Fsp3) is 0.600. The van der Waals surface area contributed by atoms with Crippen LogP contribution in [-0.4, -0.2) is 61.4 Å². The molecular weight excluding hydrogens is 439 g/mol. The highest BCUT2D eigenvalue weighted by atomic mass is 127. The quantitative estimate of drug-likeness (QED) is 0.409. The molecule has 0 unspecified atom stereocenters. The van der Waals surface area contributed by atoms with E-state index in [0.29, 0.717) is 6.04 Å². The second kappa shape index (κ2) is 10.1. The van der Waals surface area contributed by atoms with Crippen molar-refractivity contribution in [2.24, 2.45) is 10.9 Å². The molecule has 144 valence electrons. The van der Waals surface area contributed by atoms with Crippen molar-refractivity contribution in [3.05, 3.63) is 35.9 Å². The average Bonchev–Trinajstić information content (AvgIpc) is 3.44. The van der Waals surface area contributed by atoms with Crippen molar-refractivity contribution in [2.45, 2.75) is 38.1 Å². The fourth-order valence-corrected chi connectivity index (χ4v) is 3.23. The Labute approximate surface area is 174 Å². The van der Waals surface area contributed by atoms with E-state index in [-0.39, 0.29) is 36.4 Å². The lowest BCUT2D eigenvalue weighted by Crippen LogP contribution is -2.47. The molecule has 2 aliphatic rings. The number of nitrogens with zero attached hydrogens (tertiary/aromatic N) is 3. The summed E-state index contributed by atoms with van der Waals surface area (Å²) in [4.78, 5) is 20.4. The monoisotopic (exact) mass is 470 g/mol. The van der Waals surface area contributed by atoms with Crippen LogP contribution in [0.4, 0.5) is 0 Å². The number of likely N-dealkylation sites (tertiary alicyclic amines) is 1. The van der Waals surface area contributed by atoms with Gasteiger partial charge >= 0.3 is 0 Å². The predicted octanol–water partition coefficient (Wildman–Crippen LogP) is 2.76. The second-order valence-electron chi connectivity index (χ2n) is 7.47. The normalized spacial score (nSPS) is 18.2. The molecule has 6 heteroatoms. The summed E-state index contributed by atoms with van der Waals surface area (Å²) >= 11 is 0. The molecule has 26 heavy (non-hydrogen) atoms. The molecule has 1 aliphatic carbocycles. The molecule has 0 radical (unpaired) electrons. The Balaban J connectivity index is 0.00000243. The SMILES string of the molecule is CN(C)C(=O)CN=C(NC1CC1)N1CCC(Cc2ccccc2)CC1.I. The van der Waals surface area contributed by atoms with E-state index in [1.165, 1.54) is 31.2 Å². The summed E-state index contributed by atoms with van der Waals surface area (Å²) in [5, 5.41) is 3.52. The zero-order valence-corrected chi connectivity index (χ0v) is 18.2. The largest absolute Gasteiger partial charge is 0.353 e. The molecule has 2 fully saturated rings. The van der Waals surface area contributed by atoms with Crippen LogP contribution >= 0.6 is 24.0 Å². The van der Waals surface area contributed by atoms with E-state index in [9.17, 15) is 4.79 Å². The van der Waals surface area contributed by atoms with Gasteiger partial charge in [0.25, 0.3) is 0 Å². The van der Waals surface area contributed by atoms with Crippen molar-refractivity contribution < 1.29 is 4.79 Å². The number of amides is 1. The first-order valence-electron chi connectivity index (χ1n) is 9.42.